The Labute approximate surface area is 358 Å². The van der Waals surface area contributed by atoms with Gasteiger partial charge in [-0.05, 0) is 89.7 Å². The van der Waals surface area contributed by atoms with Crippen LogP contribution in [-0.4, -0.2) is 17.4 Å². The molecule has 0 radical (unpaired) electrons. The fourth-order valence-electron chi connectivity index (χ4n) is 9.40. The van der Waals surface area contributed by atoms with E-state index in [9.17, 15) is 15.3 Å². The van der Waals surface area contributed by atoms with Crippen molar-refractivity contribution in [2.45, 2.75) is 114 Å². The number of para-hydroxylation sites is 3. The van der Waals surface area contributed by atoms with Crippen molar-refractivity contribution in [3.8, 4) is 50.6 Å². The van der Waals surface area contributed by atoms with Gasteiger partial charge in [-0.3, -0.25) is 0 Å². The third-order valence-corrected chi connectivity index (χ3v) is 12.5. The molecule has 6 aromatic carbocycles. The normalized spacial score (nSPS) is 16.1. The molecule has 0 atom stereocenters. The molecule has 0 spiro atoms. The molecule has 0 aliphatic heterocycles. The Morgan fingerprint density at radius 3 is 0.759 bits per heavy atom. The molecule has 58 heavy (non-hydrogen) atoms. The van der Waals surface area contributed by atoms with Crippen LogP contribution in [0.3, 0.4) is 0 Å². The largest absolute Gasteiger partial charge is 3.00 e. The third kappa shape index (κ3) is 10.8. The molecule has 294 valence electrons. The van der Waals surface area contributed by atoms with E-state index in [1.807, 2.05) is 146 Å². The predicted molar refractivity (Wildman–Crippen MR) is 237 cm³/mol. The molecule has 3 nitrogen and oxygen atoms in total. The molecule has 0 amide bonds. The topological polar surface area (TPSA) is 69.2 Å². The van der Waals surface area contributed by atoms with E-state index in [4.69, 9.17) is 0 Å². The van der Waals surface area contributed by atoms with Crippen LogP contribution in [-0.2, 0) is 0 Å². The maximum Gasteiger partial charge on any atom is 3.00 e. The van der Waals surface area contributed by atoms with Crippen molar-refractivity contribution in [1.82, 2.24) is 0 Å². The van der Waals surface area contributed by atoms with E-state index in [1.54, 1.807) is 0 Å². The number of hydrogen-bond acceptors (Lipinski definition) is 3. The van der Waals surface area contributed by atoms with Crippen molar-refractivity contribution in [2.24, 2.45) is 0 Å². The predicted octanol–water partition coefficient (Wildman–Crippen LogP) is 13.0. The van der Waals surface area contributed by atoms with Crippen LogP contribution in [0.25, 0.3) is 33.4 Å². The molecule has 3 fully saturated rings. The molecule has 0 bridgehead atoms. The Hall–Kier alpha value is -4.75. The minimum absolute atomic E-state index is 0. The zero-order chi connectivity index (χ0) is 39.2. The zero-order valence-electron chi connectivity index (χ0n) is 34.0. The van der Waals surface area contributed by atoms with Gasteiger partial charge in [0.2, 0.25) is 0 Å². The first-order valence-electron chi connectivity index (χ1n) is 21.6. The Morgan fingerprint density at radius 2 is 0.517 bits per heavy atom. The molecule has 4 heteroatoms. The van der Waals surface area contributed by atoms with Gasteiger partial charge in [0.1, 0.15) is 0 Å². The monoisotopic (exact) mass is 780 g/mol. The van der Waals surface area contributed by atoms with Gasteiger partial charge in [-0.15, -0.1) is 0 Å². The Kier molecular flexibility index (Phi) is 16.1. The van der Waals surface area contributed by atoms with Crippen LogP contribution < -0.4 is 15.3 Å². The summed E-state index contributed by atoms with van der Waals surface area (Å²) in [7, 11) is 0. The number of hydrogen-bond donors (Lipinski definition) is 0. The third-order valence-electron chi connectivity index (χ3n) is 12.5. The fraction of sp³-hybridized carbons (Fsp3) is 0.333. The van der Waals surface area contributed by atoms with Crippen LogP contribution >= 0.6 is 0 Å². The average Bonchev–Trinajstić information content (AvgIpc) is 3.29. The summed E-state index contributed by atoms with van der Waals surface area (Å²) in [6.45, 7) is 0. The quantitative estimate of drug-likeness (QED) is 0.158. The molecular weight excluding hydrogens is 724 g/mol. The average molecular weight is 781 g/mol. The first-order valence-corrected chi connectivity index (χ1v) is 21.6. The van der Waals surface area contributed by atoms with Crippen LogP contribution in [0.5, 0.6) is 17.2 Å². The van der Waals surface area contributed by atoms with Crippen LogP contribution in [0.15, 0.2) is 146 Å². The van der Waals surface area contributed by atoms with Gasteiger partial charge in [0.25, 0.3) is 0 Å². The van der Waals surface area contributed by atoms with Crippen molar-refractivity contribution in [3.05, 3.63) is 162 Å². The second-order valence-electron chi connectivity index (χ2n) is 16.3. The molecule has 3 saturated carbocycles. The van der Waals surface area contributed by atoms with Gasteiger partial charge < -0.3 is 15.3 Å². The van der Waals surface area contributed by atoms with Crippen molar-refractivity contribution in [3.63, 3.8) is 0 Å². The van der Waals surface area contributed by atoms with E-state index in [-0.39, 0.29) is 34.6 Å². The van der Waals surface area contributed by atoms with Crippen molar-refractivity contribution >= 4 is 17.4 Å². The molecule has 0 heterocycles. The summed E-state index contributed by atoms with van der Waals surface area (Å²) >= 11 is 0. The van der Waals surface area contributed by atoms with Gasteiger partial charge in [-0.1, -0.05) is 237 Å². The smallest absolute Gasteiger partial charge is 0.872 e. The molecule has 9 rings (SSSR count). The van der Waals surface area contributed by atoms with E-state index in [0.29, 0.717) is 17.8 Å². The first kappa shape index (κ1) is 42.8. The van der Waals surface area contributed by atoms with Crippen molar-refractivity contribution in [2.75, 3.05) is 0 Å². The summed E-state index contributed by atoms with van der Waals surface area (Å²) in [5.74, 6) is 2.14. The standard InChI is InChI=1S/3C18H20O.Al/c3*19-18-16(14-8-3-1-4-9-14)12-7-13-17(18)15-10-5-2-6-11-15;/h3*1,3-4,7-9,12-13,15,19H,2,5-6,10-11H2;/q;;;+3/p-3. The second kappa shape index (κ2) is 21.9. The van der Waals surface area contributed by atoms with Crippen LogP contribution in [0.2, 0.25) is 0 Å². The number of rotatable bonds is 6. The summed E-state index contributed by atoms with van der Waals surface area (Å²) < 4.78 is 0. The van der Waals surface area contributed by atoms with Crippen LogP contribution in [0.4, 0.5) is 0 Å². The van der Waals surface area contributed by atoms with E-state index in [2.05, 4.69) is 0 Å². The molecule has 6 aromatic rings. The molecule has 0 N–H and O–H groups in total. The van der Waals surface area contributed by atoms with Crippen molar-refractivity contribution < 1.29 is 15.3 Å². The van der Waals surface area contributed by atoms with Gasteiger partial charge in [-0.25, -0.2) is 0 Å². The van der Waals surface area contributed by atoms with Gasteiger partial charge >= 0.3 is 17.4 Å². The first-order chi connectivity index (χ1) is 28.1. The van der Waals surface area contributed by atoms with E-state index < -0.39 is 0 Å². The molecule has 0 saturated heterocycles. The molecule has 3 aliphatic rings. The van der Waals surface area contributed by atoms with Gasteiger partial charge in [0.15, 0.2) is 0 Å². The van der Waals surface area contributed by atoms with Gasteiger partial charge in [-0.2, -0.15) is 0 Å². The SMILES string of the molecule is [Al+3].[O-]c1c(-c2ccccc2)cccc1C1CCCCC1.[O-]c1c(-c2ccccc2)cccc1C1CCCCC1.[O-]c1c(-c2ccccc2)cccc1C1CCCCC1. The summed E-state index contributed by atoms with van der Waals surface area (Å²) in [5, 5.41) is 38.0. The van der Waals surface area contributed by atoms with E-state index in [0.717, 1.165) is 50.1 Å². The van der Waals surface area contributed by atoms with Crippen molar-refractivity contribution in [1.29, 1.82) is 0 Å². The molecule has 0 unspecified atom stereocenters. The maximum atomic E-state index is 12.7. The van der Waals surface area contributed by atoms with Gasteiger partial charge in [0.05, 0.1) is 0 Å². The minimum atomic E-state index is 0. The summed E-state index contributed by atoms with van der Waals surface area (Å²) in [6, 6.07) is 48.0. The van der Waals surface area contributed by atoms with E-state index >= 15 is 0 Å². The molecular formula is C54H57AlO3. The zero-order valence-corrected chi connectivity index (χ0v) is 35.2. The molecule has 0 aromatic heterocycles. The Bertz CT molecular complexity index is 1870. The Morgan fingerprint density at radius 1 is 0.276 bits per heavy atom. The Balaban J connectivity index is 0.000000145. The van der Waals surface area contributed by atoms with Gasteiger partial charge in [0, 0.05) is 0 Å². The summed E-state index contributed by atoms with van der Waals surface area (Å²) in [4.78, 5) is 0. The minimum Gasteiger partial charge on any atom is -0.872 e. The fourth-order valence-corrected chi connectivity index (χ4v) is 9.40. The summed E-state index contributed by atoms with van der Waals surface area (Å²) in [5.41, 5.74) is 8.74. The van der Waals surface area contributed by atoms with E-state index in [1.165, 1.54) is 96.3 Å². The molecule has 3 aliphatic carbocycles. The summed E-state index contributed by atoms with van der Waals surface area (Å²) in [6.07, 6.45) is 18.6. The second-order valence-corrected chi connectivity index (χ2v) is 16.3. The maximum absolute atomic E-state index is 12.7. The number of benzene rings is 6. The van der Waals surface area contributed by atoms with Crippen LogP contribution in [0, 0.1) is 0 Å². The van der Waals surface area contributed by atoms with Crippen LogP contribution in [0.1, 0.15) is 131 Å².